The topological polar surface area (TPSA) is 57.8 Å². The summed E-state index contributed by atoms with van der Waals surface area (Å²) in [6.45, 7) is 0. The van der Waals surface area contributed by atoms with Gasteiger partial charge in [-0.05, 0) is 22.6 Å². The third-order valence-corrected chi connectivity index (χ3v) is 3.04. The molecule has 2 rings (SSSR count). The fourth-order valence-corrected chi connectivity index (χ4v) is 1.66. The van der Waals surface area contributed by atoms with Crippen molar-refractivity contribution in [3.63, 3.8) is 0 Å². The van der Waals surface area contributed by atoms with Gasteiger partial charge >= 0.3 is 0 Å². The van der Waals surface area contributed by atoms with E-state index in [1.54, 1.807) is 22.6 Å². The van der Waals surface area contributed by atoms with Crippen molar-refractivity contribution in [1.29, 1.82) is 0 Å². The van der Waals surface area contributed by atoms with Crippen LogP contribution in [-0.4, -0.2) is 9.97 Å². The minimum Gasteiger partial charge on any atom is -0.339 e. The van der Waals surface area contributed by atoms with Crippen molar-refractivity contribution < 1.29 is 13.2 Å². The lowest BCUT2D eigenvalue weighted by Crippen LogP contribution is -2.13. The van der Waals surface area contributed by atoms with E-state index in [1.165, 1.54) is 0 Å². The first kappa shape index (κ1) is 12.9. The van der Waals surface area contributed by atoms with Crippen LogP contribution >= 0.6 is 22.6 Å². The Morgan fingerprint density at radius 1 is 1.22 bits per heavy atom. The Balaban J connectivity index is 2.40. The van der Waals surface area contributed by atoms with Gasteiger partial charge in [0.1, 0.15) is 3.57 Å². The van der Waals surface area contributed by atoms with Gasteiger partial charge in [0.25, 0.3) is 5.56 Å². The van der Waals surface area contributed by atoms with Crippen LogP contribution < -0.4 is 10.9 Å². The van der Waals surface area contributed by atoms with Crippen LogP contribution in [0.2, 0.25) is 0 Å². The van der Waals surface area contributed by atoms with Gasteiger partial charge in [-0.25, -0.2) is 18.2 Å². The minimum atomic E-state index is -1.55. The van der Waals surface area contributed by atoms with Crippen LogP contribution in [0, 0.1) is 21.0 Å². The Labute approximate surface area is 112 Å². The van der Waals surface area contributed by atoms with Crippen LogP contribution in [0.15, 0.2) is 23.3 Å². The van der Waals surface area contributed by atoms with Crippen LogP contribution in [0.3, 0.4) is 0 Å². The Morgan fingerprint density at radius 3 is 2.44 bits per heavy atom. The molecular formula is C10H5F3IN3O. The van der Waals surface area contributed by atoms with Gasteiger partial charge in [-0.3, -0.25) is 4.79 Å². The zero-order valence-electron chi connectivity index (χ0n) is 8.60. The van der Waals surface area contributed by atoms with Crippen molar-refractivity contribution in [3.8, 4) is 0 Å². The second-order valence-corrected chi connectivity index (χ2v) is 4.35. The van der Waals surface area contributed by atoms with E-state index in [0.717, 1.165) is 18.5 Å². The standard InChI is InChI=1S/C10H5F3IN3O/c11-5-1-4(2-6(12)7(5)13)17-9-8(14)10(18)16-3-15-9/h1-3H,(H2,15,16,17,18). The molecule has 0 saturated carbocycles. The van der Waals surface area contributed by atoms with E-state index in [0.29, 0.717) is 0 Å². The zero-order valence-corrected chi connectivity index (χ0v) is 10.8. The van der Waals surface area contributed by atoms with Gasteiger partial charge in [0, 0.05) is 17.8 Å². The molecule has 0 fully saturated rings. The van der Waals surface area contributed by atoms with Gasteiger partial charge < -0.3 is 10.3 Å². The summed E-state index contributed by atoms with van der Waals surface area (Å²) in [5, 5.41) is 2.54. The van der Waals surface area contributed by atoms with E-state index in [1.807, 2.05) is 0 Å². The highest BCUT2D eigenvalue weighted by Gasteiger charge is 2.12. The molecule has 0 aliphatic carbocycles. The maximum absolute atomic E-state index is 13.0. The molecule has 0 unspecified atom stereocenters. The second-order valence-electron chi connectivity index (χ2n) is 3.27. The molecule has 18 heavy (non-hydrogen) atoms. The van der Waals surface area contributed by atoms with E-state index in [2.05, 4.69) is 15.3 Å². The Bertz CT molecular complexity index is 636. The molecule has 0 spiro atoms. The molecule has 0 radical (unpaired) electrons. The molecule has 0 atom stereocenters. The molecule has 1 heterocycles. The molecule has 4 nitrogen and oxygen atoms in total. The smallest absolute Gasteiger partial charge is 0.266 e. The summed E-state index contributed by atoms with van der Waals surface area (Å²) in [5.41, 5.74) is -0.432. The SMILES string of the molecule is O=c1[nH]cnc(Nc2cc(F)c(F)c(F)c2)c1I. The van der Waals surface area contributed by atoms with Crippen LogP contribution in [-0.2, 0) is 0 Å². The van der Waals surface area contributed by atoms with Gasteiger partial charge in [-0.1, -0.05) is 0 Å². The third kappa shape index (κ3) is 2.47. The number of benzene rings is 1. The summed E-state index contributed by atoms with van der Waals surface area (Å²) in [5.74, 6) is -4.06. The largest absolute Gasteiger partial charge is 0.339 e. The lowest BCUT2D eigenvalue weighted by atomic mass is 10.3. The number of rotatable bonds is 2. The van der Waals surface area contributed by atoms with Crippen LogP contribution in [0.4, 0.5) is 24.7 Å². The molecule has 0 aliphatic heterocycles. The first-order valence-corrected chi connectivity index (χ1v) is 5.71. The monoisotopic (exact) mass is 367 g/mol. The highest BCUT2D eigenvalue weighted by molar-refractivity contribution is 14.1. The maximum Gasteiger partial charge on any atom is 0.266 e. The molecule has 1 aromatic carbocycles. The number of anilines is 2. The highest BCUT2D eigenvalue weighted by atomic mass is 127. The molecule has 1 aromatic heterocycles. The molecule has 0 bridgehead atoms. The van der Waals surface area contributed by atoms with Crippen LogP contribution in [0.1, 0.15) is 0 Å². The van der Waals surface area contributed by atoms with Crippen molar-refractivity contribution in [1.82, 2.24) is 9.97 Å². The van der Waals surface area contributed by atoms with E-state index in [4.69, 9.17) is 0 Å². The summed E-state index contributed by atoms with van der Waals surface area (Å²) in [4.78, 5) is 17.4. The fraction of sp³-hybridized carbons (Fsp3) is 0. The Kier molecular flexibility index (Phi) is 3.55. The zero-order chi connectivity index (χ0) is 13.3. The fourth-order valence-electron chi connectivity index (χ4n) is 1.23. The minimum absolute atomic E-state index is 0.0394. The van der Waals surface area contributed by atoms with Crippen molar-refractivity contribution in [2.45, 2.75) is 0 Å². The lowest BCUT2D eigenvalue weighted by molar-refractivity contribution is 0.448. The molecule has 8 heteroatoms. The molecule has 2 N–H and O–H groups in total. The summed E-state index contributed by atoms with van der Waals surface area (Å²) in [7, 11) is 0. The van der Waals surface area contributed by atoms with Crippen molar-refractivity contribution >= 4 is 34.1 Å². The van der Waals surface area contributed by atoms with Crippen LogP contribution in [0.25, 0.3) is 0 Å². The molecule has 0 aliphatic rings. The quantitative estimate of drug-likeness (QED) is 0.634. The number of halogens is 4. The molecule has 0 saturated heterocycles. The van der Waals surface area contributed by atoms with Gasteiger partial charge in [-0.2, -0.15) is 0 Å². The number of hydrogen-bond acceptors (Lipinski definition) is 3. The lowest BCUT2D eigenvalue weighted by Gasteiger charge is -2.07. The second kappa shape index (κ2) is 4.96. The number of aromatic amines is 1. The summed E-state index contributed by atoms with van der Waals surface area (Å²) >= 11 is 1.73. The van der Waals surface area contributed by atoms with E-state index >= 15 is 0 Å². The molecular weight excluding hydrogens is 362 g/mol. The van der Waals surface area contributed by atoms with E-state index < -0.39 is 23.0 Å². The average Bonchev–Trinajstić information content (AvgIpc) is 2.32. The highest BCUT2D eigenvalue weighted by Crippen LogP contribution is 2.21. The maximum atomic E-state index is 13.0. The molecule has 2 aromatic rings. The van der Waals surface area contributed by atoms with E-state index in [9.17, 15) is 18.0 Å². The van der Waals surface area contributed by atoms with E-state index in [-0.39, 0.29) is 15.1 Å². The van der Waals surface area contributed by atoms with Crippen LogP contribution in [0.5, 0.6) is 0 Å². The summed E-state index contributed by atoms with van der Waals surface area (Å²) in [6, 6.07) is 1.55. The van der Waals surface area contributed by atoms with Gasteiger partial charge in [0.15, 0.2) is 23.3 Å². The third-order valence-electron chi connectivity index (χ3n) is 2.04. The van der Waals surface area contributed by atoms with Crippen molar-refractivity contribution in [3.05, 3.63) is 49.8 Å². The number of aromatic nitrogens is 2. The van der Waals surface area contributed by atoms with Crippen molar-refractivity contribution in [2.75, 3.05) is 5.32 Å². The first-order valence-electron chi connectivity index (χ1n) is 4.64. The number of nitrogens with one attached hydrogen (secondary N) is 2. The normalized spacial score (nSPS) is 10.4. The first-order chi connectivity index (χ1) is 8.49. The van der Waals surface area contributed by atoms with Gasteiger partial charge in [-0.15, -0.1) is 0 Å². The Hall–Kier alpha value is -1.58. The summed E-state index contributed by atoms with van der Waals surface area (Å²) in [6.07, 6.45) is 1.14. The number of H-pyrrole nitrogens is 1. The average molecular weight is 367 g/mol. The number of hydrogen-bond donors (Lipinski definition) is 2. The van der Waals surface area contributed by atoms with Gasteiger partial charge in [0.2, 0.25) is 0 Å². The predicted molar refractivity (Wildman–Crippen MR) is 67.2 cm³/mol. The summed E-state index contributed by atoms with van der Waals surface area (Å²) < 4.78 is 38.9. The van der Waals surface area contributed by atoms with Crippen molar-refractivity contribution in [2.24, 2.45) is 0 Å². The predicted octanol–water partition coefficient (Wildman–Crippen LogP) is 2.54. The Morgan fingerprint density at radius 2 is 1.83 bits per heavy atom. The molecule has 0 amide bonds. The van der Waals surface area contributed by atoms with Gasteiger partial charge in [0.05, 0.1) is 6.33 Å². The molecule has 94 valence electrons. The number of nitrogens with zero attached hydrogens (tertiary/aromatic N) is 1.